The molecule has 1 aliphatic rings. The van der Waals surface area contributed by atoms with Gasteiger partial charge in [-0.2, -0.15) is 0 Å². The molecule has 0 spiro atoms. The molecule has 1 aliphatic heterocycles. The molecular formula is C17H11NO3S. The minimum Gasteiger partial charge on any atom is -0.508 e. The van der Waals surface area contributed by atoms with Crippen molar-refractivity contribution in [3.8, 4) is 5.75 Å². The van der Waals surface area contributed by atoms with E-state index in [0.29, 0.717) is 11.1 Å². The van der Waals surface area contributed by atoms with E-state index >= 15 is 0 Å². The van der Waals surface area contributed by atoms with E-state index in [-0.39, 0.29) is 24.1 Å². The van der Waals surface area contributed by atoms with Crippen LogP contribution in [0.15, 0.2) is 48.5 Å². The zero-order valence-electron chi connectivity index (χ0n) is 11.4. The highest BCUT2D eigenvalue weighted by molar-refractivity contribution is 7.19. The van der Waals surface area contributed by atoms with Gasteiger partial charge in [-0.25, -0.2) is 0 Å². The molecule has 2 amide bonds. The van der Waals surface area contributed by atoms with E-state index in [1.54, 1.807) is 36.4 Å². The zero-order valence-corrected chi connectivity index (χ0v) is 12.3. The van der Waals surface area contributed by atoms with Gasteiger partial charge in [-0.3, -0.25) is 14.5 Å². The third kappa shape index (κ3) is 1.90. The summed E-state index contributed by atoms with van der Waals surface area (Å²) in [6.07, 6.45) is 0. The number of thiophene rings is 1. The second-order valence-corrected chi connectivity index (χ2v) is 6.35. The molecule has 22 heavy (non-hydrogen) atoms. The number of imide groups is 1. The summed E-state index contributed by atoms with van der Waals surface area (Å²) in [5.41, 5.74) is 0.928. The summed E-state index contributed by atoms with van der Waals surface area (Å²) < 4.78 is 0.937. The Bertz CT molecular complexity index is 894. The number of rotatable bonds is 2. The Labute approximate surface area is 130 Å². The lowest BCUT2D eigenvalue weighted by Gasteiger charge is -2.11. The summed E-state index contributed by atoms with van der Waals surface area (Å²) in [7, 11) is 0. The molecule has 0 aliphatic carbocycles. The molecule has 4 rings (SSSR count). The van der Waals surface area contributed by atoms with Gasteiger partial charge in [0, 0.05) is 9.58 Å². The van der Waals surface area contributed by atoms with Gasteiger partial charge in [-0.05, 0) is 41.8 Å². The van der Waals surface area contributed by atoms with Crippen molar-refractivity contribution in [1.29, 1.82) is 0 Å². The number of aromatic hydroxyl groups is 1. The maximum absolute atomic E-state index is 12.4. The first-order valence-electron chi connectivity index (χ1n) is 6.80. The lowest BCUT2D eigenvalue weighted by Crippen LogP contribution is -2.28. The molecule has 5 heteroatoms. The van der Waals surface area contributed by atoms with Gasteiger partial charge in [0.2, 0.25) is 0 Å². The highest BCUT2D eigenvalue weighted by Crippen LogP contribution is 2.31. The first kappa shape index (κ1) is 13.0. The van der Waals surface area contributed by atoms with Crippen LogP contribution in [0.2, 0.25) is 0 Å². The van der Waals surface area contributed by atoms with Crippen LogP contribution >= 0.6 is 11.3 Å². The largest absolute Gasteiger partial charge is 0.508 e. The average molecular weight is 309 g/mol. The molecule has 0 saturated heterocycles. The second kappa shape index (κ2) is 4.68. The molecule has 4 nitrogen and oxygen atoms in total. The third-order valence-corrected chi connectivity index (χ3v) is 4.83. The van der Waals surface area contributed by atoms with Crippen LogP contribution in [0.4, 0.5) is 0 Å². The van der Waals surface area contributed by atoms with Gasteiger partial charge in [-0.1, -0.05) is 12.1 Å². The van der Waals surface area contributed by atoms with Crippen molar-refractivity contribution in [3.05, 3.63) is 64.5 Å². The predicted molar refractivity (Wildman–Crippen MR) is 84.1 cm³/mol. The van der Waals surface area contributed by atoms with Crippen LogP contribution in [-0.4, -0.2) is 21.8 Å². The first-order valence-corrected chi connectivity index (χ1v) is 7.62. The number of carbonyl (C=O) groups is 2. The minimum absolute atomic E-state index is 0.210. The molecule has 0 unspecified atom stereocenters. The van der Waals surface area contributed by atoms with E-state index in [1.807, 2.05) is 12.1 Å². The van der Waals surface area contributed by atoms with E-state index in [2.05, 4.69) is 0 Å². The molecule has 0 bridgehead atoms. The maximum Gasteiger partial charge on any atom is 0.261 e. The van der Waals surface area contributed by atoms with Crippen molar-refractivity contribution in [2.24, 2.45) is 0 Å². The number of nitrogens with zero attached hydrogens (tertiary/aromatic N) is 1. The lowest BCUT2D eigenvalue weighted by atomic mass is 10.1. The highest BCUT2D eigenvalue weighted by Gasteiger charge is 2.35. The predicted octanol–water partition coefficient (Wildman–Crippen LogP) is 3.40. The molecule has 2 heterocycles. The number of fused-ring (bicyclic) bond motifs is 2. The van der Waals surface area contributed by atoms with Crippen molar-refractivity contribution in [3.63, 3.8) is 0 Å². The highest BCUT2D eigenvalue weighted by atomic mass is 32.1. The van der Waals surface area contributed by atoms with Crippen LogP contribution in [0.25, 0.3) is 10.1 Å². The van der Waals surface area contributed by atoms with Gasteiger partial charge in [0.05, 0.1) is 17.7 Å². The number of phenols is 1. The average Bonchev–Trinajstić information content (AvgIpc) is 3.02. The summed E-state index contributed by atoms with van der Waals surface area (Å²) in [5.74, 6) is -0.288. The topological polar surface area (TPSA) is 57.6 Å². The Balaban J connectivity index is 1.69. The fourth-order valence-corrected chi connectivity index (χ4v) is 3.78. The fourth-order valence-electron chi connectivity index (χ4n) is 2.69. The van der Waals surface area contributed by atoms with Crippen molar-refractivity contribution in [2.75, 3.05) is 0 Å². The van der Waals surface area contributed by atoms with Crippen molar-refractivity contribution in [1.82, 2.24) is 4.90 Å². The molecule has 0 fully saturated rings. The Morgan fingerprint density at radius 1 is 0.955 bits per heavy atom. The molecule has 108 valence electrons. The van der Waals surface area contributed by atoms with E-state index in [1.165, 1.54) is 16.2 Å². The Morgan fingerprint density at radius 3 is 2.32 bits per heavy atom. The molecule has 3 aromatic rings. The first-order chi connectivity index (χ1) is 10.6. The van der Waals surface area contributed by atoms with Crippen LogP contribution in [0, 0.1) is 0 Å². The Kier molecular flexibility index (Phi) is 2.77. The summed E-state index contributed by atoms with van der Waals surface area (Å²) in [5, 5.41) is 10.5. The molecule has 0 radical (unpaired) electrons. The number of hydrogen-bond acceptors (Lipinski definition) is 4. The van der Waals surface area contributed by atoms with Gasteiger partial charge in [0.1, 0.15) is 5.75 Å². The molecule has 1 N–H and O–H groups in total. The number of benzene rings is 2. The van der Waals surface area contributed by atoms with Gasteiger partial charge in [0.15, 0.2) is 0 Å². The zero-order chi connectivity index (χ0) is 15.3. The van der Waals surface area contributed by atoms with E-state index in [9.17, 15) is 14.7 Å². The lowest BCUT2D eigenvalue weighted by molar-refractivity contribution is 0.0644. The van der Waals surface area contributed by atoms with Crippen LogP contribution in [0.1, 0.15) is 25.6 Å². The van der Waals surface area contributed by atoms with E-state index in [4.69, 9.17) is 0 Å². The van der Waals surface area contributed by atoms with Crippen LogP contribution in [0.3, 0.4) is 0 Å². The normalized spacial score (nSPS) is 13.9. The summed E-state index contributed by atoms with van der Waals surface area (Å²) in [6, 6.07) is 14.0. The number of phenolic OH excluding ortho intramolecular Hbond substituents is 1. The van der Waals surface area contributed by atoms with Gasteiger partial charge < -0.3 is 5.11 Å². The number of carbonyl (C=O) groups excluding carboxylic acids is 2. The van der Waals surface area contributed by atoms with Gasteiger partial charge in [0.25, 0.3) is 11.8 Å². The molecule has 0 atom stereocenters. The Hall–Kier alpha value is -2.66. The minimum atomic E-state index is -0.249. The van der Waals surface area contributed by atoms with Crippen molar-refractivity contribution in [2.45, 2.75) is 6.54 Å². The monoisotopic (exact) mass is 309 g/mol. The summed E-state index contributed by atoms with van der Waals surface area (Å²) in [4.78, 5) is 26.9. The van der Waals surface area contributed by atoms with Gasteiger partial charge >= 0.3 is 0 Å². The number of amides is 2. The number of hydrogen-bond donors (Lipinski definition) is 1. The SMILES string of the molecule is O=C1c2ccccc2C(=O)N1Cc1cc2ccc(O)cc2s1. The van der Waals surface area contributed by atoms with Gasteiger partial charge in [-0.15, -0.1) is 11.3 Å². The molecule has 1 aromatic heterocycles. The smallest absolute Gasteiger partial charge is 0.261 e. The van der Waals surface area contributed by atoms with Crippen molar-refractivity contribution >= 4 is 33.2 Å². The molecular weight excluding hydrogens is 298 g/mol. The van der Waals surface area contributed by atoms with Crippen molar-refractivity contribution < 1.29 is 14.7 Å². The standard InChI is InChI=1S/C17H11NO3S/c19-11-6-5-10-7-12(22-15(10)8-11)9-18-16(20)13-3-1-2-4-14(13)17(18)21/h1-8,19H,9H2. The van der Waals surface area contributed by atoms with E-state index < -0.39 is 0 Å². The second-order valence-electron chi connectivity index (χ2n) is 5.18. The molecule has 0 saturated carbocycles. The maximum atomic E-state index is 12.4. The molecule has 2 aromatic carbocycles. The Morgan fingerprint density at radius 2 is 1.64 bits per heavy atom. The quantitative estimate of drug-likeness (QED) is 0.738. The van der Waals surface area contributed by atoms with Crippen LogP contribution in [-0.2, 0) is 6.54 Å². The van der Waals surface area contributed by atoms with E-state index in [0.717, 1.165) is 15.0 Å². The summed E-state index contributed by atoms with van der Waals surface area (Å²) >= 11 is 1.47. The fraction of sp³-hybridized carbons (Fsp3) is 0.0588. The van der Waals surface area contributed by atoms with Crippen LogP contribution < -0.4 is 0 Å². The van der Waals surface area contributed by atoms with Crippen LogP contribution in [0.5, 0.6) is 5.75 Å². The summed E-state index contributed by atoms with van der Waals surface area (Å²) in [6.45, 7) is 0.256. The third-order valence-electron chi connectivity index (χ3n) is 3.75.